The molecule has 4 rings (SSSR count). The molecule has 1 unspecified atom stereocenters. The van der Waals surface area contributed by atoms with Gasteiger partial charge in [-0.3, -0.25) is 14.4 Å². The number of pyridine rings is 1. The van der Waals surface area contributed by atoms with Crippen LogP contribution in [0, 0.1) is 0 Å². The van der Waals surface area contributed by atoms with Crippen molar-refractivity contribution in [2.75, 3.05) is 16.2 Å². The summed E-state index contributed by atoms with van der Waals surface area (Å²) in [4.78, 5) is 22.6. The zero-order chi connectivity index (χ0) is 25.4. The van der Waals surface area contributed by atoms with Gasteiger partial charge in [0.05, 0.1) is 29.2 Å². The third kappa shape index (κ3) is 5.09. The highest BCUT2D eigenvalue weighted by Gasteiger charge is 2.37. The second-order valence-corrected chi connectivity index (χ2v) is 9.47. The predicted molar refractivity (Wildman–Crippen MR) is 119 cm³/mol. The third-order valence-corrected chi connectivity index (χ3v) is 6.97. The summed E-state index contributed by atoms with van der Waals surface area (Å²) in [5.74, 6) is 0.0525. The fourth-order valence-corrected chi connectivity index (χ4v) is 5.17. The van der Waals surface area contributed by atoms with E-state index in [0.29, 0.717) is 6.07 Å². The van der Waals surface area contributed by atoms with Gasteiger partial charge in [-0.25, -0.2) is 13.2 Å². The van der Waals surface area contributed by atoms with Crippen molar-refractivity contribution in [1.82, 2.24) is 4.57 Å². The molecule has 0 aliphatic carbocycles. The number of fused-ring (bicyclic) bond motifs is 1. The molecule has 0 spiro atoms. The maximum Gasteiger partial charge on any atom is 0.416 e. The second kappa shape index (κ2) is 8.98. The zero-order valence-corrected chi connectivity index (χ0v) is 18.6. The van der Waals surface area contributed by atoms with Gasteiger partial charge in [-0.15, -0.1) is 0 Å². The van der Waals surface area contributed by atoms with Gasteiger partial charge in [0, 0.05) is 18.0 Å². The summed E-state index contributed by atoms with van der Waals surface area (Å²) in [5.41, 5.74) is -1.52. The van der Waals surface area contributed by atoms with Crippen molar-refractivity contribution in [2.24, 2.45) is 0 Å². The Morgan fingerprint density at radius 1 is 1.11 bits per heavy atom. The first-order valence-electron chi connectivity index (χ1n) is 10.1. The molecule has 0 fully saturated rings. The topological polar surface area (TPSA) is 118 Å². The number of nitrogens with zero attached hydrogens (tertiary/aromatic N) is 2. The van der Waals surface area contributed by atoms with Crippen LogP contribution in [0.1, 0.15) is 5.56 Å². The number of ether oxygens (including phenoxy) is 1. The van der Waals surface area contributed by atoms with Gasteiger partial charge in [-0.1, -0.05) is 12.1 Å². The number of hydrogen-bond acceptors (Lipinski definition) is 5. The fourth-order valence-electron chi connectivity index (χ4n) is 3.63. The molecule has 0 radical (unpaired) electrons. The maximum atomic E-state index is 13.5. The van der Waals surface area contributed by atoms with E-state index in [1.54, 1.807) is 6.07 Å². The Kier molecular flexibility index (Phi) is 6.19. The van der Waals surface area contributed by atoms with E-state index >= 15 is 0 Å². The molecule has 3 aromatic rings. The van der Waals surface area contributed by atoms with Gasteiger partial charge in [0.25, 0.3) is 15.6 Å². The normalized spacial score (nSPS) is 15.7. The van der Waals surface area contributed by atoms with Crippen LogP contribution in [0.15, 0.2) is 76.6 Å². The standard InChI is InChI=1S/C22H18F3N3O6S/c23-22(24,25)14-4-3-5-17(10-14)35(32,33)28-13-16(12-27-9-2-1-6-20(27)29)34-19-8-7-15(11-18(19)28)26-21(30)31/h1-11,16,26H,12-13H2,(H,30,31). The number of aromatic nitrogens is 1. The smallest absolute Gasteiger partial charge is 0.416 e. The summed E-state index contributed by atoms with van der Waals surface area (Å²) in [6, 6.07) is 11.7. The molecule has 2 heterocycles. The second-order valence-electron chi connectivity index (χ2n) is 7.61. The average molecular weight is 509 g/mol. The number of carboxylic acid groups (broad SMARTS) is 1. The minimum atomic E-state index is -4.76. The van der Waals surface area contributed by atoms with E-state index in [-0.39, 0.29) is 35.8 Å². The molecule has 0 saturated heterocycles. The Hall–Kier alpha value is -4.00. The van der Waals surface area contributed by atoms with E-state index in [4.69, 9.17) is 9.84 Å². The molecule has 0 bridgehead atoms. The number of nitrogens with one attached hydrogen (secondary N) is 1. The van der Waals surface area contributed by atoms with Crippen molar-refractivity contribution >= 4 is 27.5 Å². The van der Waals surface area contributed by atoms with Gasteiger partial charge in [-0.2, -0.15) is 13.2 Å². The number of benzene rings is 2. The van der Waals surface area contributed by atoms with E-state index < -0.39 is 38.9 Å². The first-order chi connectivity index (χ1) is 16.4. The zero-order valence-electron chi connectivity index (χ0n) is 17.8. The molecule has 184 valence electrons. The van der Waals surface area contributed by atoms with Gasteiger partial charge in [0.15, 0.2) is 0 Å². The Morgan fingerprint density at radius 2 is 1.89 bits per heavy atom. The number of amides is 1. The highest BCUT2D eigenvalue weighted by Crippen LogP contribution is 2.40. The molecule has 1 atom stereocenters. The summed E-state index contributed by atoms with van der Waals surface area (Å²) < 4.78 is 74.8. The molecule has 0 saturated carbocycles. The van der Waals surface area contributed by atoms with Crippen LogP contribution >= 0.6 is 0 Å². The average Bonchev–Trinajstić information content (AvgIpc) is 2.79. The predicted octanol–water partition coefficient (Wildman–Crippen LogP) is 3.61. The molecule has 1 aliphatic rings. The van der Waals surface area contributed by atoms with Crippen LogP contribution in [0.5, 0.6) is 5.75 Å². The van der Waals surface area contributed by atoms with Crippen molar-refractivity contribution < 1.29 is 36.2 Å². The summed E-state index contributed by atoms with van der Waals surface area (Å²) >= 11 is 0. The van der Waals surface area contributed by atoms with Gasteiger partial charge in [-0.05, 0) is 42.5 Å². The molecule has 9 nitrogen and oxygen atoms in total. The SMILES string of the molecule is O=C(O)Nc1ccc2c(c1)N(S(=O)(=O)c1cccc(C(F)(F)F)c1)CC(Cn1ccccc1=O)O2. The van der Waals surface area contributed by atoms with Crippen LogP contribution in [-0.4, -0.2) is 36.8 Å². The van der Waals surface area contributed by atoms with Gasteiger partial charge >= 0.3 is 12.3 Å². The lowest BCUT2D eigenvalue weighted by Crippen LogP contribution is -2.46. The van der Waals surface area contributed by atoms with Gasteiger partial charge in [0.2, 0.25) is 0 Å². The molecule has 13 heteroatoms. The van der Waals surface area contributed by atoms with E-state index in [2.05, 4.69) is 5.32 Å². The monoisotopic (exact) mass is 509 g/mol. The van der Waals surface area contributed by atoms with Crippen LogP contribution in [0.4, 0.5) is 29.3 Å². The largest absolute Gasteiger partial charge is 0.484 e. The lowest BCUT2D eigenvalue weighted by Gasteiger charge is -2.36. The summed E-state index contributed by atoms with van der Waals surface area (Å²) in [7, 11) is -4.55. The number of rotatable bonds is 5. The van der Waals surface area contributed by atoms with Crippen LogP contribution in [0.2, 0.25) is 0 Å². The number of anilines is 2. The van der Waals surface area contributed by atoms with Crippen LogP contribution in [0.25, 0.3) is 0 Å². The summed E-state index contributed by atoms with van der Waals surface area (Å²) in [6.07, 6.45) is -5.53. The first kappa shape index (κ1) is 24.1. The minimum absolute atomic E-state index is 0.0295. The van der Waals surface area contributed by atoms with Gasteiger partial charge in [0.1, 0.15) is 11.9 Å². The van der Waals surface area contributed by atoms with Crippen molar-refractivity contribution in [3.63, 3.8) is 0 Å². The molecule has 2 N–H and O–H groups in total. The third-order valence-electron chi connectivity index (χ3n) is 5.19. The Morgan fingerprint density at radius 3 is 2.57 bits per heavy atom. The fraction of sp³-hybridized carbons (Fsp3) is 0.182. The van der Waals surface area contributed by atoms with Crippen LogP contribution < -0.4 is 19.9 Å². The molecule has 35 heavy (non-hydrogen) atoms. The maximum absolute atomic E-state index is 13.5. The quantitative estimate of drug-likeness (QED) is 0.543. The molecular weight excluding hydrogens is 491 g/mol. The number of alkyl halides is 3. The van der Waals surface area contributed by atoms with Crippen LogP contribution in [0.3, 0.4) is 0 Å². The van der Waals surface area contributed by atoms with Gasteiger partial charge < -0.3 is 14.4 Å². The molecule has 2 aromatic carbocycles. The molecule has 1 amide bonds. The minimum Gasteiger partial charge on any atom is -0.484 e. The van der Waals surface area contributed by atoms with E-state index in [0.717, 1.165) is 22.5 Å². The molecular formula is C22H18F3N3O6S. The molecule has 1 aromatic heterocycles. The highest BCUT2D eigenvalue weighted by atomic mass is 32.2. The van der Waals surface area contributed by atoms with Crippen molar-refractivity contribution in [2.45, 2.75) is 23.7 Å². The summed E-state index contributed by atoms with van der Waals surface area (Å²) in [5, 5.41) is 11.1. The summed E-state index contributed by atoms with van der Waals surface area (Å²) in [6.45, 7) is -0.383. The van der Waals surface area contributed by atoms with E-state index in [1.165, 1.54) is 41.1 Å². The van der Waals surface area contributed by atoms with E-state index in [1.807, 2.05) is 0 Å². The van der Waals surface area contributed by atoms with E-state index in [9.17, 15) is 31.2 Å². The number of sulfonamides is 1. The Labute approximate surface area is 197 Å². The lowest BCUT2D eigenvalue weighted by molar-refractivity contribution is -0.137. The Bertz CT molecular complexity index is 1440. The number of hydrogen-bond donors (Lipinski definition) is 2. The lowest BCUT2D eigenvalue weighted by atomic mass is 10.2. The van der Waals surface area contributed by atoms with Crippen molar-refractivity contribution in [3.8, 4) is 5.75 Å². The highest BCUT2D eigenvalue weighted by molar-refractivity contribution is 7.92. The first-order valence-corrected chi connectivity index (χ1v) is 11.6. The van der Waals surface area contributed by atoms with Crippen molar-refractivity contribution in [3.05, 3.63) is 82.8 Å². The molecule has 1 aliphatic heterocycles. The Balaban J connectivity index is 1.79. The number of carbonyl (C=O) groups is 1. The number of halogens is 3. The van der Waals surface area contributed by atoms with Crippen LogP contribution in [-0.2, 0) is 22.7 Å². The van der Waals surface area contributed by atoms with Crippen molar-refractivity contribution in [1.29, 1.82) is 0 Å².